The third-order valence-corrected chi connectivity index (χ3v) is 6.94. The maximum Gasteiger partial charge on any atom is 0.233 e. The van der Waals surface area contributed by atoms with Crippen LogP contribution in [0.3, 0.4) is 0 Å². The summed E-state index contributed by atoms with van der Waals surface area (Å²) in [4.78, 5) is 15.3. The van der Waals surface area contributed by atoms with Gasteiger partial charge in [-0.3, -0.25) is 9.69 Å². The number of thioether (sulfide) groups is 1. The minimum Gasteiger partial charge on any atom is -0.376 e. The molecule has 0 spiro atoms. The van der Waals surface area contributed by atoms with Gasteiger partial charge in [-0.2, -0.15) is 0 Å². The van der Waals surface area contributed by atoms with Crippen molar-refractivity contribution in [3.05, 3.63) is 71.3 Å². The summed E-state index contributed by atoms with van der Waals surface area (Å²) in [7, 11) is 0. The molecule has 2 aromatic carbocycles. The lowest BCUT2D eigenvalue weighted by atomic mass is 10.1. The van der Waals surface area contributed by atoms with Crippen LogP contribution in [0.1, 0.15) is 37.5 Å². The van der Waals surface area contributed by atoms with Gasteiger partial charge in [0.1, 0.15) is 0 Å². The first-order chi connectivity index (χ1) is 14.5. The van der Waals surface area contributed by atoms with E-state index in [0.29, 0.717) is 12.6 Å². The number of rotatable bonds is 9. The molecule has 0 aromatic heterocycles. The Labute approximate surface area is 185 Å². The van der Waals surface area contributed by atoms with Crippen molar-refractivity contribution in [3.8, 4) is 0 Å². The zero-order chi connectivity index (χ0) is 21.3. The number of amides is 1. The molecule has 3 rings (SSSR count). The molecule has 4 nitrogen and oxygen atoms in total. The molecule has 1 aliphatic rings. The van der Waals surface area contributed by atoms with E-state index in [1.54, 1.807) is 11.8 Å². The van der Waals surface area contributed by atoms with E-state index < -0.39 is 0 Å². The van der Waals surface area contributed by atoms with Gasteiger partial charge >= 0.3 is 0 Å². The Morgan fingerprint density at radius 3 is 2.60 bits per heavy atom. The van der Waals surface area contributed by atoms with Gasteiger partial charge in [0.2, 0.25) is 5.91 Å². The Hall–Kier alpha value is -1.82. The molecule has 5 heteroatoms. The lowest BCUT2D eigenvalue weighted by molar-refractivity contribution is -0.121. The number of hydrogen-bond acceptors (Lipinski definition) is 4. The van der Waals surface area contributed by atoms with Crippen molar-refractivity contribution < 1.29 is 9.53 Å². The van der Waals surface area contributed by atoms with Crippen LogP contribution in [0, 0.1) is 5.92 Å². The van der Waals surface area contributed by atoms with Crippen LogP contribution in [0.4, 0.5) is 0 Å². The number of hydrogen-bond donors (Lipinski definition) is 1. The Balaban J connectivity index is 1.52. The highest BCUT2D eigenvalue weighted by molar-refractivity contribution is 7.99. The lowest BCUT2D eigenvalue weighted by Crippen LogP contribution is -2.40. The summed E-state index contributed by atoms with van der Waals surface area (Å²) in [5.41, 5.74) is 3.69. The number of benzene rings is 2. The average Bonchev–Trinajstić information content (AvgIpc) is 2.73. The van der Waals surface area contributed by atoms with Crippen LogP contribution < -0.4 is 5.32 Å². The summed E-state index contributed by atoms with van der Waals surface area (Å²) in [5.74, 6) is 1.26. The standard InChI is InChI=1S/C25H34N2O2S/c1-19(2)24(30-18-21-8-5-4-6-9-21)25(28)26-15-22-10-7-11-23(14-22)17-27-12-13-29-20(3)16-27/h4-11,14,19-20,24H,12-13,15-18H2,1-3H3,(H,26,28). The summed E-state index contributed by atoms with van der Waals surface area (Å²) in [6, 6.07) is 18.9. The van der Waals surface area contributed by atoms with Gasteiger partial charge in [-0.1, -0.05) is 68.4 Å². The van der Waals surface area contributed by atoms with Crippen molar-refractivity contribution in [2.75, 3.05) is 19.7 Å². The molecule has 162 valence electrons. The molecule has 2 atom stereocenters. The maximum atomic E-state index is 12.9. The van der Waals surface area contributed by atoms with Gasteiger partial charge in [0.15, 0.2) is 0 Å². The first-order valence-corrected chi connectivity index (χ1v) is 11.9. The third-order valence-electron chi connectivity index (χ3n) is 5.33. The largest absolute Gasteiger partial charge is 0.376 e. The quantitative estimate of drug-likeness (QED) is 0.642. The van der Waals surface area contributed by atoms with Crippen LogP contribution in [0.25, 0.3) is 0 Å². The van der Waals surface area contributed by atoms with Crippen LogP contribution in [0.2, 0.25) is 0 Å². The van der Waals surface area contributed by atoms with E-state index in [2.05, 4.69) is 67.4 Å². The smallest absolute Gasteiger partial charge is 0.233 e. The SMILES string of the molecule is CC1CN(Cc2cccc(CNC(=O)C(SCc3ccccc3)C(C)C)c2)CCO1. The second-order valence-electron chi connectivity index (χ2n) is 8.42. The van der Waals surface area contributed by atoms with E-state index in [1.807, 2.05) is 18.2 Å². The second-order valence-corrected chi connectivity index (χ2v) is 9.55. The number of nitrogens with zero attached hydrogens (tertiary/aromatic N) is 1. The van der Waals surface area contributed by atoms with Gasteiger partial charge in [-0.15, -0.1) is 11.8 Å². The number of carbonyl (C=O) groups is 1. The molecular formula is C25H34N2O2S. The van der Waals surface area contributed by atoms with Gasteiger partial charge in [0.25, 0.3) is 0 Å². The summed E-state index contributed by atoms with van der Waals surface area (Å²) in [6.07, 6.45) is 0.294. The molecule has 0 saturated carbocycles. The number of nitrogens with one attached hydrogen (secondary N) is 1. The average molecular weight is 427 g/mol. The summed E-state index contributed by atoms with van der Waals surface area (Å²) in [5, 5.41) is 3.11. The molecule has 1 heterocycles. The Kier molecular flexibility index (Phi) is 8.79. The van der Waals surface area contributed by atoms with Gasteiger partial charge < -0.3 is 10.1 Å². The van der Waals surface area contributed by atoms with Crippen molar-refractivity contribution in [3.63, 3.8) is 0 Å². The molecule has 1 fully saturated rings. The fraction of sp³-hybridized carbons (Fsp3) is 0.480. The van der Waals surface area contributed by atoms with E-state index in [4.69, 9.17) is 4.74 Å². The van der Waals surface area contributed by atoms with Crippen LogP contribution in [0.5, 0.6) is 0 Å². The topological polar surface area (TPSA) is 41.6 Å². The molecule has 30 heavy (non-hydrogen) atoms. The van der Waals surface area contributed by atoms with E-state index in [-0.39, 0.29) is 17.1 Å². The Morgan fingerprint density at radius 1 is 1.13 bits per heavy atom. The second kappa shape index (κ2) is 11.5. The highest BCUT2D eigenvalue weighted by Gasteiger charge is 2.22. The fourth-order valence-electron chi connectivity index (χ4n) is 3.75. The van der Waals surface area contributed by atoms with Crippen molar-refractivity contribution in [1.29, 1.82) is 0 Å². The van der Waals surface area contributed by atoms with Crippen molar-refractivity contribution in [2.45, 2.75) is 51.0 Å². The minimum atomic E-state index is -0.0526. The van der Waals surface area contributed by atoms with Crippen molar-refractivity contribution in [1.82, 2.24) is 10.2 Å². The van der Waals surface area contributed by atoms with Gasteiger partial charge in [0, 0.05) is 31.9 Å². The van der Waals surface area contributed by atoms with Gasteiger partial charge in [-0.05, 0) is 29.5 Å². The van der Waals surface area contributed by atoms with E-state index >= 15 is 0 Å². The summed E-state index contributed by atoms with van der Waals surface area (Å²) in [6.45, 7) is 10.6. The van der Waals surface area contributed by atoms with Crippen LogP contribution in [0.15, 0.2) is 54.6 Å². The maximum absolute atomic E-state index is 12.9. The van der Waals surface area contributed by atoms with Crippen molar-refractivity contribution >= 4 is 17.7 Å². The number of morpholine rings is 1. The van der Waals surface area contributed by atoms with Gasteiger partial charge in [0.05, 0.1) is 18.0 Å². The molecule has 1 aliphatic heterocycles. The first-order valence-electron chi connectivity index (χ1n) is 10.9. The Morgan fingerprint density at radius 2 is 1.87 bits per heavy atom. The molecule has 0 bridgehead atoms. The van der Waals surface area contributed by atoms with Crippen LogP contribution >= 0.6 is 11.8 Å². The van der Waals surface area contributed by atoms with E-state index in [9.17, 15) is 4.79 Å². The summed E-state index contributed by atoms with van der Waals surface area (Å²) >= 11 is 1.72. The zero-order valence-electron chi connectivity index (χ0n) is 18.3. The zero-order valence-corrected chi connectivity index (χ0v) is 19.2. The first kappa shape index (κ1) is 22.9. The molecule has 0 aliphatic carbocycles. The van der Waals surface area contributed by atoms with E-state index in [1.165, 1.54) is 11.1 Å². The predicted octanol–water partition coefficient (Wildman–Crippen LogP) is 4.48. The number of ether oxygens (including phenoxy) is 1. The molecule has 1 amide bonds. The normalized spacial score (nSPS) is 18.3. The Bertz CT molecular complexity index is 797. The number of carbonyl (C=O) groups excluding carboxylic acids is 1. The molecule has 2 unspecified atom stereocenters. The highest BCUT2D eigenvalue weighted by Crippen LogP contribution is 2.24. The molecule has 1 N–H and O–H groups in total. The van der Waals surface area contributed by atoms with Crippen LogP contribution in [-0.4, -0.2) is 41.9 Å². The minimum absolute atomic E-state index is 0.0526. The molecule has 1 saturated heterocycles. The fourth-order valence-corrected chi connectivity index (χ4v) is 4.94. The predicted molar refractivity (Wildman–Crippen MR) is 125 cm³/mol. The molecule has 2 aromatic rings. The molecule has 0 radical (unpaired) electrons. The van der Waals surface area contributed by atoms with E-state index in [0.717, 1.165) is 37.6 Å². The summed E-state index contributed by atoms with van der Waals surface area (Å²) < 4.78 is 5.63. The molecular weight excluding hydrogens is 392 g/mol. The van der Waals surface area contributed by atoms with Crippen molar-refractivity contribution in [2.24, 2.45) is 5.92 Å². The monoisotopic (exact) mass is 426 g/mol. The third kappa shape index (κ3) is 7.15. The van der Waals surface area contributed by atoms with Crippen LogP contribution in [-0.2, 0) is 28.4 Å². The highest BCUT2D eigenvalue weighted by atomic mass is 32.2. The lowest BCUT2D eigenvalue weighted by Gasteiger charge is -2.31. The van der Waals surface area contributed by atoms with Gasteiger partial charge in [-0.25, -0.2) is 0 Å².